The molecule has 3 aromatic carbocycles. The van der Waals surface area contributed by atoms with E-state index in [1.165, 1.54) is 22.8 Å². The van der Waals surface area contributed by atoms with Crippen molar-refractivity contribution in [2.24, 2.45) is 0 Å². The van der Waals surface area contributed by atoms with Crippen LogP contribution in [0.1, 0.15) is 0 Å². The van der Waals surface area contributed by atoms with Crippen LogP contribution in [0.5, 0.6) is 0 Å². The Bertz CT molecular complexity index is 1210. The first-order valence-corrected chi connectivity index (χ1v) is 8.79. The summed E-state index contributed by atoms with van der Waals surface area (Å²) in [4.78, 5) is 17.7. The van der Waals surface area contributed by atoms with Gasteiger partial charge in [0.2, 0.25) is 5.95 Å². The normalized spacial score (nSPS) is 10.9. The van der Waals surface area contributed by atoms with Gasteiger partial charge in [0.15, 0.2) is 0 Å². The van der Waals surface area contributed by atoms with Crippen LogP contribution in [0.4, 0.5) is 16.0 Å². The van der Waals surface area contributed by atoms with Crippen LogP contribution in [0.15, 0.2) is 71.5 Å². The number of hydrogen-bond donors (Lipinski definition) is 1. The third kappa shape index (κ3) is 3.27. The van der Waals surface area contributed by atoms with Gasteiger partial charge in [0.25, 0.3) is 5.56 Å². The summed E-state index contributed by atoms with van der Waals surface area (Å²) in [6.45, 7) is 0. The van der Waals surface area contributed by atoms with Gasteiger partial charge in [0.05, 0.1) is 32.3 Å². The van der Waals surface area contributed by atoms with Crippen molar-refractivity contribution in [2.75, 3.05) is 5.32 Å². The number of nitrogens with zero attached hydrogens (tertiary/aromatic N) is 2. The smallest absolute Gasteiger partial charge is 0.267 e. The molecule has 0 fully saturated rings. The number of aromatic nitrogens is 2. The Balaban J connectivity index is 2.00. The molecule has 0 saturated carbocycles. The molecule has 0 aliphatic carbocycles. The molecule has 4 nitrogen and oxygen atoms in total. The van der Waals surface area contributed by atoms with Crippen LogP contribution in [0, 0.1) is 5.82 Å². The van der Waals surface area contributed by atoms with E-state index in [1.807, 2.05) is 18.2 Å². The van der Waals surface area contributed by atoms with E-state index in [0.717, 1.165) is 0 Å². The number of rotatable bonds is 3. The number of nitrogens with one attached hydrogen (secondary N) is 1. The first-order chi connectivity index (χ1) is 13.0. The highest BCUT2D eigenvalue weighted by molar-refractivity contribution is 6.35. The van der Waals surface area contributed by atoms with Gasteiger partial charge in [-0.1, -0.05) is 47.5 Å². The maximum atomic E-state index is 13.4. The largest absolute Gasteiger partial charge is 0.324 e. The molecule has 0 unspecified atom stereocenters. The molecule has 0 radical (unpaired) electrons. The molecule has 27 heavy (non-hydrogen) atoms. The maximum absolute atomic E-state index is 13.4. The molecule has 0 atom stereocenters. The molecule has 7 heteroatoms. The van der Waals surface area contributed by atoms with Crippen molar-refractivity contribution in [1.82, 2.24) is 9.55 Å². The summed E-state index contributed by atoms with van der Waals surface area (Å²) in [5, 5.41) is 3.94. The van der Waals surface area contributed by atoms with Gasteiger partial charge in [0, 0.05) is 0 Å². The molecular weight excluding hydrogens is 388 g/mol. The zero-order chi connectivity index (χ0) is 19.0. The summed E-state index contributed by atoms with van der Waals surface area (Å²) >= 11 is 12.4. The van der Waals surface area contributed by atoms with Crippen LogP contribution in [0.2, 0.25) is 10.0 Å². The molecule has 0 aliphatic heterocycles. The van der Waals surface area contributed by atoms with Crippen molar-refractivity contribution in [3.05, 3.63) is 92.9 Å². The number of hydrogen-bond acceptors (Lipinski definition) is 3. The highest BCUT2D eigenvalue weighted by Crippen LogP contribution is 2.28. The molecular formula is C20H12Cl2FN3O. The molecule has 1 N–H and O–H groups in total. The van der Waals surface area contributed by atoms with Crippen LogP contribution in [0.25, 0.3) is 16.6 Å². The summed E-state index contributed by atoms with van der Waals surface area (Å²) in [5.41, 5.74) is 1.13. The number of benzene rings is 3. The van der Waals surface area contributed by atoms with E-state index in [0.29, 0.717) is 27.3 Å². The standard InChI is InChI=1S/C20H12Cl2FN3O/c21-15-8-4-7-14-18(15)25-20(24-17-10-9-12(23)11-16(17)22)26(19(14)27)13-5-2-1-3-6-13/h1-11H,(H,24,25). The summed E-state index contributed by atoms with van der Waals surface area (Å²) in [6, 6.07) is 18.0. The molecule has 0 spiro atoms. The summed E-state index contributed by atoms with van der Waals surface area (Å²) in [5.74, 6) is -0.235. The van der Waals surface area contributed by atoms with Crippen molar-refractivity contribution >= 4 is 45.7 Å². The number of fused-ring (bicyclic) bond motifs is 1. The fourth-order valence-corrected chi connectivity index (χ4v) is 3.22. The fraction of sp³-hybridized carbons (Fsp3) is 0. The molecule has 4 rings (SSSR count). The SMILES string of the molecule is O=c1c2cccc(Cl)c2nc(Nc2ccc(F)cc2Cl)n1-c1ccccc1. The summed E-state index contributed by atoms with van der Waals surface area (Å²) < 4.78 is 14.8. The van der Waals surface area contributed by atoms with Gasteiger partial charge >= 0.3 is 0 Å². The predicted molar refractivity (Wildman–Crippen MR) is 107 cm³/mol. The first-order valence-electron chi connectivity index (χ1n) is 8.03. The summed E-state index contributed by atoms with van der Waals surface area (Å²) in [6.07, 6.45) is 0. The third-order valence-electron chi connectivity index (χ3n) is 4.04. The minimum atomic E-state index is -0.458. The van der Waals surface area contributed by atoms with Crippen molar-refractivity contribution in [1.29, 1.82) is 0 Å². The molecule has 1 heterocycles. The lowest BCUT2D eigenvalue weighted by Crippen LogP contribution is -2.23. The second-order valence-corrected chi connectivity index (χ2v) is 6.61. The zero-order valence-electron chi connectivity index (χ0n) is 13.8. The van der Waals surface area contributed by atoms with E-state index < -0.39 is 5.82 Å². The van der Waals surface area contributed by atoms with E-state index in [9.17, 15) is 9.18 Å². The van der Waals surface area contributed by atoms with Gasteiger partial charge in [-0.3, -0.25) is 4.79 Å². The van der Waals surface area contributed by atoms with E-state index in [-0.39, 0.29) is 16.5 Å². The van der Waals surface area contributed by atoms with Gasteiger partial charge in [0.1, 0.15) is 5.82 Å². The van der Waals surface area contributed by atoms with E-state index in [4.69, 9.17) is 23.2 Å². The minimum Gasteiger partial charge on any atom is -0.324 e. The summed E-state index contributed by atoms with van der Waals surface area (Å²) in [7, 11) is 0. The molecule has 4 aromatic rings. The van der Waals surface area contributed by atoms with Crippen molar-refractivity contribution in [3.63, 3.8) is 0 Å². The Morgan fingerprint density at radius 1 is 0.926 bits per heavy atom. The van der Waals surface area contributed by atoms with E-state index in [1.54, 1.807) is 30.3 Å². The lowest BCUT2D eigenvalue weighted by Gasteiger charge is -2.16. The van der Waals surface area contributed by atoms with E-state index >= 15 is 0 Å². The van der Waals surface area contributed by atoms with Crippen LogP contribution < -0.4 is 10.9 Å². The monoisotopic (exact) mass is 399 g/mol. The molecule has 134 valence electrons. The van der Waals surface area contributed by atoms with Crippen LogP contribution in [0.3, 0.4) is 0 Å². The van der Waals surface area contributed by atoms with Crippen molar-refractivity contribution in [2.45, 2.75) is 0 Å². The Morgan fingerprint density at radius 3 is 2.44 bits per heavy atom. The average Bonchev–Trinajstić information content (AvgIpc) is 2.66. The average molecular weight is 400 g/mol. The van der Waals surface area contributed by atoms with Crippen molar-refractivity contribution < 1.29 is 4.39 Å². The lowest BCUT2D eigenvalue weighted by atomic mass is 10.2. The molecule has 0 amide bonds. The van der Waals surface area contributed by atoms with Crippen LogP contribution in [-0.4, -0.2) is 9.55 Å². The first kappa shape index (κ1) is 17.5. The van der Waals surface area contributed by atoms with Gasteiger partial charge in [-0.25, -0.2) is 13.9 Å². The highest BCUT2D eigenvalue weighted by Gasteiger charge is 2.15. The highest BCUT2D eigenvalue weighted by atomic mass is 35.5. The van der Waals surface area contributed by atoms with Crippen molar-refractivity contribution in [3.8, 4) is 5.69 Å². The van der Waals surface area contributed by atoms with Crippen LogP contribution in [-0.2, 0) is 0 Å². The van der Waals surface area contributed by atoms with Gasteiger partial charge in [-0.2, -0.15) is 0 Å². The Morgan fingerprint density at radius 2 is 1.70 bits per heavy atom. The fourth-order valence-electron chi connectivity index (χ4n) is 2.79. The van der Waals surface area contributed by atoms with Gasteiger partial charge in [-0.15, -0.1) is 0 Å². The molecule has 0 saturated heterocycles. The second-order valence-electron chi connectivity index (χ2n) is 5.80. The second kappa shape index (κ2) is 7.02. The Hall–Kier alpha value is -2.89. The number of halogens is 3. The molecule has 0 bridgehead atoms. The van der Waals surface area contributed by atoms with Gasteiger partial charge < -0.3 is 5.32 Å². The third-order valence-corrected chi connectivity index (χ3v) is 4.66. The van der Waals surface area contributed by atoms with Gasteiger partial charge in [-0.05, 0) is 42.5 Å². The minimum absolute atomic E-state index is 0.170. The lowest BCUT2D eigenvalue weighted by molar-refractivity contribution is 0.628. The number of para-hydroxylation sites is 2. The van der Waals surface area contributed by atoms with Crippen LogP contribution >= 0.6 is 23.2 Å². The molecule has 1 aromatic heterocycles. The molecule has 0 aliphatic rings. The maximum Gasteiger partial charge on any atom is 0.267 e. The zero-order valence-corrected chi connectivity index (χ0v) is 15.3. The Kier molecular flexibility index (Phi) is 4.56. The predicted octanol–water partition coefficient (Wildman–Crippen LogP) is 5.58. The number of anilines is 2. The quantitative estimate of drug-likeness (QED) is 0.489. The topological polar surface area (TPSA) is 46.9 Å². The Labute approximate surface area is 163 Å². The van der Waals surface area contributed by atoms with E-state index in [2.05, 4.69) is 10.3 Å².